The summed E-state index contributed by atoms with van der Waals surface area (Å²) < 4.78 is 9.95. The Morgan fingerprint density at radius 3 is 1.27 bits per heavy atom. The molecule has 0 fully saturated rings. The van der Waals surface area contributed by atoms with Gasteiger partial charge >= 0.3 is 17.9 Å². The van der Waals surface area contributed by atoms with Gasteiger partial charge in [-0.15, -0.1) is 0 Å². The number of carbonyl (C=O) groups is 3. The Labute approximate surface area is 248 Å². The number of rotatable bonds is 27. The second-order valence-electron chi connectivity index (χ2n) is 11.2. The third kappa shape index (κ3) is 32.8. The van der Waals surface area contributed by atoms with Crippen molar-refractivity contribution in [2.75, 3.05) is 13.7 Å². The first-order chi connectivity index (χ1) is 19.4. The van der Waals surface area contributed by atoms with Crippen LogP contribution in [0, 0.1) is 0 Å². The molecule has 1 unspecified atom stereocenters. The Kier molecular flexibility index (Phi) is 34.4. The van der Waals surface area contributed by atoms with E-state index in [0.29, 0.717) is 19.4 Å². The van der Waals surface area contributed by atoms with E-state index in [-0.39, 0.29) is 5.97 Å². The lowest BCUT2D eigenvalue weighted by molar-refractivity contribution is -0.161. The van der Waals surface area contributed by atoms with Gasteiger partial charge in [-0.3, -0.25) is 9.59 Å². The van der Waals surface area contributed by atoms with E-state index in [1.54, 1.807) is 14.0 Å². The maximum atomic E-state index is 11.5. The van der Waals surface area contributed by atoms with Crippen LogP contribution < -0.4 is 5.32 Å². The standard InChI is InChI=1S/C18H35NO3.C16H32O2/c1-4-5-6-7-8-9-10-11-12-13-14-15-17(20)22-18(21)16(2)19-3;1-3-5-7-9-10-11-12-14-16(17)18-15-13-8-6-4-2/h16,19H,4-15H2,1-3H3;3-15H2,1-2H3. The molecule has 0 radical (unpaired) electrons. The predicted molar refractivity (Wildman–Crippen MR) is 168 cm³/mol. The summed E-state index contributed by atoms with van der Waals surface area (Å²) in [6.45, 7) is 8.96. The second-order valence-corrected chi connectivity index (χ2v) is 11.2. The van der Waals surface area contributed by atoms with E-state index in [9.17, 15) is 14.4 Å². The van der Waals surface area contributed by atoms with Crippen LogP contribution in [0.4, 0.5) is 0 Å². The molecular formula is C34H67NO5. The van der Waals surface area contributed by atoms with E-state index in [2.05, 4.69) is 26.1 Å². The molecule has 0 aliphatic carbocycles. The van der Waals surface area contributed by atoms with Gasteiger partial charge in [0, 0.05) is 12.8 Å². The largest absolute Gasteiger partial charge is 0.466 e. The van der Waals surface area contributed by atoms with E-state index < -0.39 is 18.0 Å². The Bertz CT molecular complexity index is 567. The lowest BCUT2D eigenvalue weighted by Crippen LogP contribution is -2.33. The summed E-state index contributed by atoms with van der Waals surface area (Å²) in [5.74, 6) is -0.890. The smallest absolute Gasteiger partial charge is 0.330 e. The molecule has 0 rings (SSSR count). The summed E-state index contributed by atoms with van der Waals surface area (Å²) in [5.41, 5.74) is 0. The average Bonchev–Trinajstić information content (AvgIpc) is 2.95. The molecule has 0 amide bonds. The van der Waals surface area contributed by atoms with Crippen LogP contribution in [0.2, 0.25) is 0 Å². The molecule has 0 heterocycles. The molecule has 238 valence electrons. The van der Waals surface area contributed by atoms with Crippen molar-refractivity contribution in [3.05, 3.63) is 0 Å². The second kappa shape index (κ2) is 33.8. The SMILES string of the molecule is CCCCCCCCCC(=O)OCCCCCC.CCCCCCCCCCCCCC(=O)OC(=O)C(C)NC. The lowest BCUT2D eigenvalue weighted by atomic mass is 10.1. The summed E-state index contributed by atoms with van der Waals surface area (Å²) in [6.07, 6.45) is 28.1. The van der Waals surface area contributed by atoms with Gasteiger partial charge in [-0.05, 0) is 33.2 Å². The van der Waals surface area contributed by atoms with Gasteiger partial charge in [0.2, 0.25) is 0 Å². The Morgan fingerprint density at radius 1 is 0.525 bits per heavy atom. The highest BCUT2D eigenvalue weighted by Crippen LogP contribution is 2.12. The molecule has 0 aliphatic rings. The van der Waals surface area contributed by atoms with Crippen LogP contribution in [0.5, 0.6) is 0 Å². The van der Waals surface area contributed by atoms with Gasteiger partial charge in [0.25, 0.3) is 0 Å². The number of carbonyl (C=O) groups excluding carboxylic acids is 3. The molecule has 1 N–H and O–H groups in total. The highest BCUT2D eigenvalue weighted by molar-refractivity contribution is 5.88. The van der Waals surface area contributed by atoms with Crippen LogP contribution in [0.3, 0.4) is 0 Å². The van der Waals surface area contributed by atoms with Crippen molar-refractivity contribution in [1.29, 1.82) is 0 Å². The quantitative estimate of drug-likeness (QED) is 0.0602. The number of hydrogen-bond donors (Lipinski definition) is 1. The van der Waals surface area contributed by atoms with Crippen LogP contribution >= 0.6 is 0 Å². The molecule has 0 aliphatic heterocycles. The third-order valence-electron chi connectivity index (χ3n) is 7.23. The monoisotopic (exact) mass is 570 g/mol. The fourth-order valence-corrected chi connectivity index (χ4v) is 4.32. The Morgan fingerprint density at radius 2 is 0.875 bits per heavy atom. The first-order valence-electron chi connectivity index (χ1n) is 17.0. The van der Waals surface area contributed by atoms with Crippen molar-refractivity contribution in [1.82, 2.24) is 5.32 Å². The van der Waals surface area contributed by atoms with Crippen molar-refractivity contribution >= 4 is 17.9 Å². The van der Waals surface area contributed by atoms with E-state index in [1.165, 1.54) is 116 Å². The highest BCUT2D eigenvalue weighted by Gasteiger charge is 2.15. The molecule has 0 aromatic heterocycles. The minimum atomic E-state index is -0.490. The summed E-state index contributed by atoms with van der Waals surface area (Å²) in [5, 5.41) is 2.76. The number of likely N-dealkylation sites (N-methyl/N-ethyl adjacent to an activating group) is 1. The molecule has 0 aromatic rings. The number of ether oxygens (including phenoxy) is 2. The zero-order valence-corrected chi connectivity index (χ0v) is 27.3. The molecule has 0 aromatic carbocycles. The number of hydrogen-bond acceptors (Lipinski definition) is 6. The molecule has 6 nitrogen and oxygen atoms in total. The first-order valence-corrected chi connectivity index (χ1v) is 17.0. The van der Waals surface area contributed by atoms with Crippen molar-refractivity contribution in [2.45, 2.75) is 188 Å². The molecule has 6 heteroatoms. The van der Waals surface area contributed by atoms with E-state index in [1.807, 2.05) is 0 Å². The third-order valence-corrected chi connectivity index (χ3v) is 7.23. The van der Waals surface area contributed by atoms with Gasteiger partial charge in [0.15, 0.2) is 0 Å². The average molecular weight is 570 g/mol. The zero-order chi connectivity index (χ0) is 30.1. The maximum Gasteiger partial charge on any atom is 0.330 e. The molecule has 0 saturated heterocycles. The number of esters is 3. The van der Waals surface area contributed by atoms with Crippen LogP contribution in [0.15, 0.2) is 0 Å². The lowest BCUT2D eigenvalue weighted by Gasteiger charge is -2.08. The molecular weight excluding hydrogens is 502 g/mol. The fourth-order valence-electron chi connectivity index (χ4n) is 4.32. The van der Waals surface area contributed by atoms with Crippen molar-refractivity contribution < 1.29 is 23.9 Å². The van der Waals surface area contributed by atoms with Crippen LogP contribution in [-0.2, 0) is 23.9 Å². The highest BCUT2D eigenvalue weighted by atomic mass is 16.6. The summed E-state index contributed by atoms with van der Waals surface area (Å²) in [6, 6.07) is -0.429. The summed E-state index contributed by atoms with van der Waals surface area (Å²) in [4.78, 5) is 34.2. The van der Waals surface area contributed by atoms with E-state index >= 15 is 0 Å². The summed E-state index contributed by atoms with van der Waals surface area (Å²) >= 11 is 0. The van der Waals surface area contributed by atoms with Gasteiger partial charge < -0.3 is 14.8 Å². The summed E-state index contributed by atoms with van der Waals surface area (Å²) in [7, 11) is 1.67. The van der Waals surface area contributed by atoms with E-state index in [4.69, 9.17) is 9.47 Å². The van der Waals surface area contributed by atoms with Gasteiger partial charge in [-0.25, -0.2) is 4.79 Å². The van der Waals surface area contributed by atoms with Crippen molar-refractivity contribution in [3.63, 3.8) is 0 Å². The molecule has 40 heavy (non-hydrogen) atoms. The minimum absolute atomic E-state index is 0.0000525. The maximum absolute atomic E-state index is 11.5. The van der Waals surface area contributed by atoms with Gasteiger partial charge in [-0.1, -0.05) is 143 Å². The fraction of sp³-hybridized carbons (Fsp3) is 0.912. The van der Waals surface area contributed by atoms with Gasteiger partial charge in [0.1, 0.15) is 6.04 Å². The Hall–Kier alpha value is -1.43. The minimum Gasteiger partial charge on any atom is -0.466 e. The molecule has 0 saturated carbocycles. The topological polar surface area (TPSA) is 81.7 Å². The molecule has 0 spiro atoms. The normalized spacial score (nSPS) is 11.4. The van der Waals surface area contributed by atoms with Gasteiger partial charge in [0.05, 0.1) is 6.61 Å². The predicted octanol–water partition coefficient (Wildman–Crippen LogP) is 9.62. The molecule has 0 bridgehead atoms. The van der Waals surface area contributed by atoms with Gasteiger partial charge in [-0.2, -0.15) is 0 Å². The van der Waals surface area contributed by atoms with Crippen molar-refractivity contribution in [3.8, 4) is 0 Å². The van der Waals surface area contributed by atoms with Crippen LogP contribution in [-0.4, -0.2) is 37.6 Å². The molecule has 1 atom stereocenters. The first kappa shape index (κ1) is 40.7. The van der Waals surface area contributed by atoms with E-state index in [0.717, 1.165) is 25.7 Å². The Balaban J connectivity index is 0. The van der Waals surface area contributed by atoms with Crippen LogP contribution in [0.1, 0.15) is 182 Å². The number of nitrogens with one attached hydrogen (secondary N) is 1. The van der Waals surface area contributed by atoms with Crippen molar-refractivity contribution in [2.24, 2.45) is 0 Å². The zero-order valence-electron chi connectivity index (χ0n) is 27.3. The number of unbranched alkanes of at least 4 members (excludes halogenated alkanes) is 19. The van der Waals surface area contributed by atoms with Crippen LogP contribution in [0.25, 0.3) is 0 Å².